The third-order valence-corrected chi connectivity index (χ3v) is 3.38. The molecule has 1 aromatic heterocycles. The van der Waals surface area contributed by atoms with Crippen LogP contribution in [0.3, 0.4) is 0 Å². The van der Waals surface area contributed by atoms with Crippen molar-refractivity contribution in [3.05, 3.63) is 17.0 Å². The Labute approximate surface area is 90.0 Å². The normalized spacial score (nSPS) is 17.9. The van der Waals surface area contributed by atoms with Gasteiger partial charge < -0.3 is 0 Å². The van der Waals surface area contributed by atoms with Gasteiger partial charge in [-0.25, -0.2) is 0 Å². The molecule has 1 saturated carbocycles. The van der Waals surface area contributed by atoms with Crippen LogP contribution in [0.15, 0.2) is 0 Å². The van der Waals surface area contributed by atoms with E-state index in [0.717, 1.165) is 6.42 Å². The largest absolute Gasteiger partial charge is 0.282 e. The van der Waals surface area contributed by atoms with Crippen LogP contribution in [0, 0.1) is 6.92 Å². The van der Waals surface area contributed by atoms with E-state index in [1.807, 2.05) is 0 Å². The van der Waals surface area contributed by atoms with Crippen molar-refractivity contribution in [3.8, 4) is 0 Å². The van der Waals surface area contributed by atoms with Crippen LogP contribution < -0.4 is 0 Å². The zero-order valence-corrected chi connectivity index (χ0v) is 9.40. The fraction of sp³-hybridized carbons (Fsp3) is 0.727. The molecular weight excluding hydrogens is 196 g/mol. The van der Waals surface area contributed by atoms with Crippen LogP contribution in [-0.4, -0.2) is 16.1 Å². The van der Waals surface area contributed by atoms with Crippen LogP contribution in [-0.2, 0) is 6.42 Å². The summed E-state index contributed by atoms with van der Waals surface area (Å²) in [4.78, 5) is 0. The quantitative estimate of drug-likeness (QED) is 0.767. The Bertz CT molecular complexity index is 300. The van der Waals surface area contributed by atoms with Gasteiger partial charge in [0, 0.05) is 17.5 Å². The minimum atomic E-state index is 0.693. The Morgan fingerprint density at radius 1 is 1.43 bits per heavy atom. The maximum Gasteiger partial charge on any atom is 0.0688 e. The maximum absolute atomic E-state index is 5.80. The highest BCUT2D eigenvalue weighted by Crippen LogP contribution is 2.35. The first kappa shape index (κ1) is 10.0. The summed E-state index contributed by atoms with van der Waals surface area (Å²) in [5.41, 5.74) is 3.86. The lowest BCUT2D eigenvalue weighted by molar-refractivity contribution is 0.685. The highest BCUT2D eigenvalue weighted by atomic mass is 35.5. The molecule has 1 aromatic rings. The molecule has 3 heteroatoms. The molecule has 1 fully saturated rings. The molecule has 2 nitrogen and oxygen atoms in total. The first-order chi connectivity index (χ1) is 6.83. The molecule has 2 rings (SSSR count). The monoisotopic (exact) mass is 212 g/mol. The summed E-state index contributed by atoms with van der Waals surface area (Å²) in [5, 5.41) is 7.52. The summed E-state index contributed by atoms with van der Waals surface area (Å²) in [6.07, 6.45) is 6.28. The van der Waals surface area contributed by atoms with E-state index >= 15 is 0 Å². The minimum absolute atomic E-state index is 0.693. The molecule has 0 bridgehead atoms. The molecule has 1 aliphatic carbocycles. The Kier molecular flexibility index (Phi) is 3.12. The first-order valence-corrected chi connectivity index (χ1v) is 5.96. The number of aromatic nitrogens is 2. The van der Waals surface area contributed by atoms with E-state index in [2.05, 4.69) is 17.1 Å². The van der Waals surface area contributed by atoms with Gasteiger partial charge in [-0.15, -0.1) is 11.6 Å². The lowest BCUT2D eigenvalue weighted by Gasteiger charge is -2.08. The van der Waals surface area contributed by atoms with E-state index in [0.29, 0.717) is 11.8 Å². The number of aryl methyl sites for hydroxylation is 1. The topological polar surface area (TPSA) is 28.7 Å². The average Bonchev–Trinajstić information content (AvgIpc) is 2.77. The third kappa shape index (κ3) is 1.81. The van der Waals surface area contributed by atoms with Gasteiger partial charge in [0.25, 0.3) is 0 Å². The molecule has 1 N–H and O–H groups in total. The van der Waals surface area contributed by atoms with Gasteiger partial charge in [-0.05, 0) is 31.7 Å². The Balaban J connectivity index is 2.22. The van der Waals surface area contributed by atoms with E-state index in [-0.39, 0.29) is 0 Å². The fourth-order valence-corrected chi connectivity index (χ4v) is 2.61. The van der Waals surface area contributed by atoms with Gasteiger partial charge in [0.2, 0.25) is 0 Å². The van der Waals surface area contributed by atoms with Crippen LogP contribution >= 0.6 is 11.6 Å². The molecule has 78 valence electrons. The van der Waals surface area contributed by atoms with Gasteiger partial charge in [-0.1, -0.05) is 12.8 Å². The molecule has 1 aliphatic rings. The zero-order valence-electron chi connectivity index (χ0n) is 8.65. The molecule has 14 heavy (non-hydrogen) atoms. The zero-order chi connectivity index (χ0) is 9.97. The van der Waals surface area contributed by atoms with Crippen molar-refractivity contribution in [2.45, 2.75) is 44.9 Å². The van der Waals surface area contributed by atoms with Gasteiger partial charge >= 0.3 is 0 Å². The molecule has 0 aliphatic heterocycles. The van der Waals surface area contributed by atoms with Crippen molar-refractivity contribution >= 4 is 11.6 Å². The highest BCUT2D eigenvalue weighted by molar-refractivity contribution is 6.18. The Morgan fingerprint density at radius 3 is 2.79 bits per heavy atom. The second kappa shape index (κ2) is 4.35. The molecule has 0 amide bonds. The second-order valence-corrected chi connectivity index (χ2v) is 4.51. The van der Waals surface area contributed by atoms with E-state index in [4.69, 9.17) is 11.6 Å². The number of alkyl halides is 1. The van der Waals surface area contributed by atoms with Crippen molar-refractivity contribution in [2.75, 3.05) is 5.88 Å². The number of H-pyrrole nitrogens is 1. The predicted octanol–water partition coefficient (Wildman–Crippen LogP) is 3.16. The van der Waals surface area contributed by atoms with Gasteiger partial charge in [-0.2, -0.15) is 5.10 Å². The Morgan fingerprint density at radius 2 is 2.14 bits per heavy atom. The Hall–Kier alpha value is -0.500. The number of rotatable bonds is 3. The molecule has 0 saturated heterocycles. The predicted molar refractivity (Wildman–Crippen MR) is 59.0 cm³/mol. The van der Waals surface area contributed by atoms with Gasteiger partial charge in [0.1, 0.15) is 0 Å². The van der Waals surface area contributed by atoms with Crippen LogP contribution in [0.4, 0.5) is 0 Å². The highest BCUT2D eigenvalue weighted by Gasteiger charge is 2.23. The van der Waals surface area contributed by atoms with E-state index < -0.39 is 0 Å². The lowest BCUT2D eigenvalue weighted by Crippen LogP contribution is -1.99. The van der Waals surface area contributed by atoms with E-state index in [9.17, 15) is 0 Å². The number of hydrogen-bond acceptors (Lipinski definition) is 1. The number of aromatic amines is 1. The summed E-state index contributed by atoms with van der Waals surface area (Å²) in [6, 6.07) is 0. The van der Waals surface area contributed by atoms with E-state index in [1.165, 1.54) is 42.6 Å². The van der Waals surface area contributed by atoms with Crippen molar-refractivity contribution in [1.29, 1.82) is 0 Å². The lowest BCUT2D eigenvalue weighted by atomic mass is 9.98. The molecule has 0 unspecified atom stereocenters. The molecule has 1 heterocycles. The summed E-state index contributed by atoms with van der Waals surface area (Å²) in [7, 11) is 0. The van der Waals surface area contributed by atoms with E-state index in [1.54, 1.807) is 0 Å². The summed E-state index contributed by atoms with van der Waals surface area (Å²) < 4.78 is 0. The van der Waals surface area contributed by atoms with Crippen molar-refractivity contribution in [2.24, 2.45) is 0 Å². The number of nitrogens with one attached hydrogen (secondary N) is 1. The van der Waals surface area contributed by atoms with Gasteiger partial charge in [0.05, 0.1) is 5.69 Å². The van der Waals surface area contributed by atoms with Crippen LogP contribution in [0.25, 0.3) is 0 Å². The van der Waals surface area contributed by atoms with Crippen LogP contribution in [0.1, 0.15) is 48.6 Å². The SMILES string of the molecule is Cc1[nH]nc(C2CCCC2)c1CCCl. The molecule has 0 atom stereocenters. The molecule has 0 spiro atoms. The van der Waals surface area contributed by atoms with Crippen molar-refractivity contribution < 1.29 is 0 Å². The fourth-order valence-electron chi connectivity index (χ4n) is 2.42. The second-order valence-electron chi connectivity index (χ2n) is 4.13. The molecule has 0 aromatic carbocycles. The van der Waals surface area contributed by atoms with Gasteiger partial charge in [0.15, 0.2) is 0 Å². The summed E-state index contributed by atoms with van der Waals surface area (Å²) in [6.45, 7) is 2.09. The average molecular weight is 213 g/mol. The van der Waals surface area contributed by atoms with Gasteiger partial charge in [-0.3, -0.25) is 5.10 Å². The number of halogens is 1. The molecule has 0 radical (unpaired) electrons. The first-order valence-electron chi connectivity index (χ1n) is 5.42. The summed E-state index contributed by atoms with van der Waals surface area (Å²) in [5.74, 6) is 1.39. The van der Waals surface area contributed by atoms with Crippen molar-refractivity contribution in [1.82, 2.24) is 10.2 Å². The maximum atomic E-state index is 5.80. The standard InChI is InChI=1S/C11H17ClN2/c1-8-10(6-7-12)11(14-13-8)9-4-2-3-5-9/h9H,2-7H2,1H3,(H,13,14). The molecular formula is C11H17ClN2. The van der Waals surface area contributed by atoms with Crippen molar-refractivity contribution in [3.63, 3.8) is 0 Å². The minimum Gasteiger partial charge on any atom is -0.282 e. The number of hydrogen-bond donors (Lipinski definition) is 1. The smallest absolute Gasteiger partial charge is 0.0688 e. The van der Waals surface area contributed by atoms with Crippen LogP contribution in [0.2, 0.25) is 0 Å². The van der Waals surface area contributed by atoms with Crippen LogP contribution in [0.5, 0.6) is 0 Å². The number of nitrogens with zero attached hydrogens (tertiary/aromatic N) is 1. The third-order valence-electron chi connectivity index (χ3n) is 3.19. The summed E-state index contributed by atoms with van der Waals surface area (Å²) >= 11 is 5.80.